The Morgan fingerprint density at radius 1 is 0.596 bits per heavy atom. The van der Waals surface area contributed by atoms with Gasteiger partial charge in [0.2, 0.25) is 0 Å². The normalized spacial score (nSPS) is 13.5. The summed E-state index contributed by atoms with van der Waals surface area (Å²) in [5, 5.41) is 4.52. The van der Waals surface area contributed by atoms with Gasteiger partial charge in [0.25, 0.3) is 0 Å². The molecule has 4 nitrogen and oxygen atoms in total. The van der Waals surface area contributed by atoms with Crippen molar-refractivity contribution in [2.24, 2.45) is 0 Å². The fraction of sp³-hybridized carbons (Fsp3) is 0.0698. The van der Waals surface area contributed by atoms with E-state index < -0.39 is 0 Å². The highest BCUT2D eigenvalue weighted by Crippen LogP contribution is 2.54. The zero-order chi connectivity index (χ0) is 31.3. The third kappa shape index (κ3) is 3.64. The van der Waals surface area contributed by atoms with E-state index in [1.807, 2.05) is 24.3 Å². The molecule has 222 valence electrons. The number of hydrogen-bond donors (Lipinski definition) is 0. The second-order valence-corrected chi connectivity index (χ2v) is 13.0. The van der Waals surface area contributed by atoms with Crippen molar-refractivity contribution in [1.82, 2.24) is 14.5 Å². The molecule has 0 fully saturated rings. The Kier molecular flexibility index (Phi) is 5.31. The van der Waals surface area contributed by atoms with Crippen molar-refractivity contribution < 1.29 is 4.42 Å². The molecule has 0 saturated heterocycles. The van der Waals surface area contributed by atoms with E-state index >= 15 is 0 Å². The Balaban J connectivity index is 1.29. The molecular formula is C43H29N3O. The molecule has 1 aliphatic rings. The van der Waals surface area contributed by atoms with Crippen LogP contribution in [0, 0.1) is 0 Å². The molecule has 1 aliphatic carbocycles. The van der Waals surface area contributed by atoms with Crippen LogP contribution in [0.4, 0.5) is 0 Å². The Labute approximate surface area is 271 Å². The first-order chi connectivity index (χ1) is 23.1. The minimum atomic E-state index is -0.227. The molecule has 47 heavy (non-hydrogen) atoms. The first-order valence-corrected chi connectivity index (χ1v) is 16.1. The van der Waals surface area contributed by atoms with Gasteiger partial charge < -0.3 is 8.98 Å². The van der Waals surface area contributed by atoms with Gasteiger partial charge >= 0.3 is 0 Å². The van der Waals surface area contributed by atoms with E-state index in [9.17, 15) is 0 Å². The lowest BCUT2D eigenvalue weighted by atomic mass is 9.86. The van der Waals surface area contributed by atoms with Crippen LogP contribution in [0.5, 0.6) is 0 Å². The molecule has 0 bridgehead atoms. The van der Waals surface area contributed by atoms with Crippen LogP contribution in [0.2, 0.25) is 0 Å². The maximum Gasteiger partial charge on any atom is 0.160 e. The molecule has 3 aromatic heterocycles. The number of nitrogens with zero attached hydrogens (tertiary/aromatic N) is 3. The summed E-state index contributed by atoms with van der Waals surface area (Å²) >= 11 is 0. The molecule has 0 N–H and O–H groups in total. The lowest BCUT2D eigenvalue weighted by Gasteiger charge is -2.18. The molecule has 10 rings (SSSR count). The van der Waals surface area contributed by atoms with Gasteiger partial charge in [-0.05, 0) is 55.3 Å². The largest absolute Gasteiger partial charge is 0.457 e. The number of aromatic nitrogens is 3. The smallest absolute Gasteiger partial charge is 0.160 e. The van der Waals surface area contributed by atoms with Gasteiger partial charge in [-0.2, -0.15) is 0 Å². The summed E-state index contributed by atoms with van der Waals surface area (Å²) in [5.41, 5.74) is 11.6. The number of benzene rings is 6. The van der Waals surface area contributed by atoms with Crippen molar-refractivity contribution in [3.8, 4) is 39.5 Å². The minimum Gasteiger partial charge on any atom is -0.457 e. The van der Waals surface area contributed by atoms with Gasteiger partial charge in [-0.1, -0.05) is 109 Å². The van der Waals surface area contributed by atoms with Crippen molar-refractivity contribution in [3.63, 3.8) is 0 Å². The molecule has 0 radical (unpaired) electrons. The van der Waals surface area contributed by atoms with E-state index in [4.69, 9.17) is 14.4 Å². The Morgan fingerprint density at radius 2 is 1.30 bits per heavy atom. The maximum absolute atomic E-state index is 7.01. The molecule has 0 atom stereocenters. The molecule has 3 heterocycles. The first kappa shape index (κ1) is 26.2. The molecule has 0 saturated carbocycles. The predicted molar refractivity (Wildman–Crippen MR) is 192 cm³/mol. The van der Waals surface area contributed by atoms with E-state index in [1.54, 1.807) is 0 Å². The Morgan fingerprint density at radius 3 is 2.13 bits per heavy atom. The molecule has 6 aromatic carbocycles. The maximum atomic E-state index is 7.01. The van der Waals surface area contributed by atoms with Crippen LogP contribution in [0.3, 0.4) is 0 Å². The lowest BCUT2D eigenvalue weighted by molar-refractivity contribution is 0.466. The van der Waals surface area contributed by atoms with Gasteiger partial charge in [-0.15, -0.1) is 0 Å². The van der Waals surface area contributed by atoms with Crippen molar-refractivity contribution in [1.29, 1.82) is 0 Å². The quantitative estimate of drug-likeness (QED) is 0.202. The van der Waals surface area contributed by atoms with Crippen molar-refractivity contribution in [3.05, 3.63) is 151 Å². The number of hydrogen-bond acceptors (Lipinski definition) is 3. The number of para-hydroxylation sites is 1. The topological polar surface area (TPSA) is 43.9 Å². The van der Waals surface area contributed by atoms with Gasteiger partial charge in [0.15, 0.2) is 11.4 Å². The molecule has 0 aliphatic heterocycles. The monoisotopic (exact) mass is 603 g/mol. The highest BCUT2D eigenvalue weighted by Gasteiger charge is 2.40. The molecule has 9 aromatic rings. The standard InChI is InChI=1S/C43H29N3O/c1-43(2)34-19-11-9-18-31(34)37-32-23-22-30-29-17-10-12-20-36(29)46(39(30)40(32)47-41(37)43)28-21-24-35-33(25-28)38(26-13-5-3-6-14-26)45-42(44-35)27-15-7-4-8-16-27/h3-25H,1-2H3. The first-order valence-electron chi connectivity index (χ1n) is 16.1. The van der Waals surface area contributed by atoms with Crippen LogP contribution in [-0.2, 0) is 5.41 Å². The number of furan rings is 1. The van der Waals surface area contributed by atoms with E-state index in [1.165, 1.54) is 27.5 Å². The zero-order valence-corrected chi connectivity index (χ0v) is 26.0. The van der Waals surface area contributed by atoms with Crippen LogP contribution in [0.1, 0.15) is 25.2 Å². The van der Waals surface area contributed by atoms with Gasteiger partial charge in [0.05, 0.1) is 22.2 Å². The molecule has 0 unspecified atom stereocenters. The van der Waals surface area contributed by atoms with Gasteiger partial charge in [-0.25, -0.2) is 9.97 Å². The van der Waals surface area contributed by atoms with Crippen molar-refractivity contribution in [2.45, 2.75) is 19.3 Å². The third-order valence-electron chi connectivity index (χ3n) is 9.94. The van der Waals surface area contributed by atoms with E-state index in [0.717, 1.165) is 67.0 Å². The second-order valence-electron chi connectivity index (χ2n) is 13.0. The SMILES string of the molecule is CC1(C)c2ccccc2-c2c1oc1c2ccc2c3ccccc3n(-c3ccc4nc(-c5ccccc5)nc(-c5ccccc5)c4c3)c21. The predicted octanol–water partition coefficient (Wildman–Crippen LogP) is 11.1. The Hall–Kier alpha value is -6.00. The average molecular weight is 604 g/mol. The summed E-state index contributed by atoms with van der Waals surface area (Å²) in [6.07, 6.45) is 0. The van der Waals surface area contributed by atoms with Crippen molar-refractivity contribution in [2.75, 3.05) is 0 Å². The summed E-state index contributed by atoms with van der Waals surface area (Å²) in [5.74, 6) is 1.75. The molecule has 4 heteroatoms. The van der Waals surface area contributed by atoms with Crippen LogP contribution in [0.15, 0.2) is 144 Å². The van der Waals surface area contributed by atoms with E-state index in [0.29, 0.717) is 0 Å². The lowest BCUT2D eigenvalue weighted by Crippen LogP contribution is -2.14. The van der Waals surface area contributed by atoms with Crippen LogP contribution >= 0.6 is 0 Å². The van der Waals surface area contributed by atoms with Gasteiger partial charge in [0, 0.05) is 49.3 Å². The van der Waals surface area contributed by atoms with Gasteiger partial charge in [0.1, 0.15) is 5.76 Å². The summed E-state index contributed by atoms with van der Waals surface area (Å²) in [6, 6.07) is 49.1. The minimum absolute atomic E-state index is 0.227. The second kappa shape index (κ2) is 9.51. The summed E-state index contributed by atoms with van der Waals surface area (Å²) in [4.78, 5) is 10.2. The van der Waals surface area contributed by atoms with Crippen molar-refractivity contribution >= 4 is 43.7 Å². The number of fused-ring (bicyclic) bond motifs is 10. The van der Waals surface area contributed by atoms with E-state index in [2.05, 4.69) is 134 Å². The van der Waals surface area contributed by atoms with Gasteiger partial charge in [-0.3, -0.25) is 0 Å². The number of rotatable bonds is 3. The van der Waals surface area contributed by atoms with Crippen LogP contribution in [-0.4, -0.2) is 14.5 Å². The third-order valence-corrected chi connectivity index (χ3v) is 9.94. The summed E-state index contributed by atoms with van der Waals surface area (Å²) < 4.78 is 9.38. The summed E-state index contributed by atoms with van der Waals surface area (Å²) in [6.45, 7) is 4.54. The summed E-state index contributed by atoms with van der Waals surface area (Å²) in [7, 11) is 0. The van der Waals surface area contributed by atoms with E-state index in [-0.39, 0.29) is 5.41 Å². The molecule has 0 spiro atoms. The van der Waals surface area contributed by atoms with Crippen LogP contribution in [0.25, 0.3) is 83.1 Å². The van der Waals surface area contributed by atoms with Crippen LogP contribution < -0.4 is 0 Å². The zero-order valence-electron chi connectivity index (χ0n) is 26.0. The molecule has 0 amide bonds. The Bertz CT molecular complexity index is 2700. The average Bonchev–Trinajstić information content (AvgIpc) is 3.75. The molecular weight excluding hydrogens is 574 g/mol. The highest BCUT2D eigenvalue weighted by molar-refractivity contribution is 6.20. The fourth-order valence-electron chi connectivity index (χ4n) is 7.73. The highest BCUT2D eigenvalue weighted by atomic mass is 16.3. The fourth-order valence-corrected chi connectivity index (χ4v) is 7.73.